The van der Waals surface area contributed by atoms with E-state index >= 15 is 0 Å². The number of nitrogens with zero attached hydrogens (tertiary/aromatic N) is 4. The zero-order valence-corrected chi connectivity index (χ0v) is 8.01. The largest absolute Gasteiger partial charge is 0.490 e. The number of nitrogens with one attached hydrogen (secondary N) is 1. The summed E-state index contributed by atoms with van der Waals surface area (Å²) in [6, 6.07) is 0. The number of hydrogen-bond acceptors (Lipinski definition) is 5. The molecule has 1 heterocycles. The van der Waals surface area contributed by atoms with E-state index in [1.807, 2.05) is 6.92 Å². The molecule has 1 N–H and O–H groups in total. The number of hydrogen-bond donors (Lipinski definition) is 1. The molecule has 78 valence electrons. The normalized spacial score (nSPS) is 10.4. The van der Waals surface area contributed by atoms with Crippen LogP contribution >= 0.6 is 0 Å². The van der Waals surface area contributed by atoms with Crippen molar-refractivity contribution in [3.63, 3.8) is 0 Å². The highest BCUT2D eigenvalue weighted by Gasteiger charge is 2.11. The van der Waals surface area contributed by atoms with Crippen LogP contribution in [0.5, 0.6) is 0 Å². The molecule has 7 nitrogen and oxygen atoms in total. The molecule has 0 amide bonds. The molecule has 0 aliphatic carbocycles. The third-order valence-corrected chi connectivity index (χ3v) is 1.68. The average molecular weight is 199 g/mol. The summed E-state index contributed by atoms with van der Waals surface area (Å²) in [7, 11) is 0. The summed E-state index contributed by atoms with van der Waals surface area (Å²) in [5.41, 5.74) is 0. The van der Waals surface area contributed by atoms with Crippen molar-refractivity contribution in [3.8, 4) is 0 Å². The van der Waals surface area contributed by atoms with Gasteiger partial charge in [-0.3, -0.25) is 0 Å². The molecule has 0 radical (unpaired) electrons. The Hall–Kier alpha value is -1.50. The van der Waals surface area contributed by atoms with Crippen molar-refractivity contribution < 1.29 is 4.92 Å². The predicted octanol–water partition coefficient (Wildman–Crippen LogP) is 0.186. The van der Waals surface area contributed by atoms with Gasteiger partial charge < -0.3 is 15.4 Å². The molecule has 7 heteroatoms. The minimum atomic E-state index is -0.596. The molecule has 0 unspecified atom stereocenters. The molecule has 0 bridgehead atoms. The summed E-state index contributed by atoms with van der Waals surface area (Å²) in [5, 5.41) is 17.1. The quantitative estimate of drug-likeness (QED) is 0.401. The first-order chi connectivity index (χ1) is 6.74. The van der Waals surface area contributed by atoms with Gasteiger partial charge in [0, 0.05) is 5.10 Å². The molecule has 0 aliphatic rings. The molecule has 0 aromatic carbocycles. The van der Waals surface area contributed by atoms with Crippen molar-refractivity contribution in [3.05, 3.63) is 16.4 Å². The van der Waals surface area contributed by atoms with E-state index in [1.54, 1.807) is 0 Å². The standard InChI is InChI=1S/C7H13N5O2/c1-2-8-4-3-5-11-6-9-7(10-11)12(13)14/h6,8H,2-5H2,1H3. The Morgan fingerprint density at radius 1 is 1.71 bits per heavy atom. The first-order valence-corrected chi connectivity index (χ1v) is 4.48. The molecule has 0 saturated carbocycles. The van der Waals surface area contributed by atoms with Crippen LogP contribution in [-0.4, -0.2) is 32.8 Å². The van der Waals surface area contributed by atoms with Crippen LogP contribution in [0.2, 0.25) is 0 Å². The van der Waals surface area contributed by atoms with Gasteiger partial charge in [-0.25, -0.2) is 0 Å². The van der Waals surface area contributed by atoms with Gasteiger partial charge in [-0.1, -0.05) is 11.9 Å². The van der Waals surface area contributed by atoms with Crippen LogP contribution in [-0.2, 0) is 6.54 Å². The Labute approximate surface area is 81.3 Å². The van der Waals surface area contributed by atoms with E-state index in [-0.39, 0.29) is 5.95 Å². The van der Waals surface area contributed by atoms with E-state index in [2.05, 4.69) is 15.4 Å². The predicted molar refractivity (Wildman–Crippen MR) is 49.8 cm³/mol. The van der Waals surface area contributed by atoms with Crippen molar-refractivity contribution in [2.75, 3.05) is 13.1 Å². The summed E-state index contributed by atoms with van der Waals surface area (Å²) in [4.78, 5) is 13.2. The lowest BCUT2D eigenvalue weighted by Crippen LogP contribution is -2.16. The van der Waals surface area contributed by atoms with Crippen molar-refractivity contribution >= 4 is 5.95 Å². The SMILES string of the molecule is CCNCCCn1cnc([N+](=O)[O-])n1. The highest BCUT2D eigenvalue weighted by atomic mass is 16.6. The van der Waals surface area contributed by atoms with Gasteiger partial charge in [0.25, 0.3) is 0 Å². The van der Waals surface area contributed by atoms with E-state index in [4.69, 9.17) is 0 Å². The second-order valence-electron chi connectivity index (χ2n) is 2.77. The molecule has 0 aliphatic heterocycles. The maximum Gasteiger partial charge on any atom is 0.490 e. The summed E-state index contributed by atoms with van der Waals surface area (Å²) < 4.78 is 1.48. The third-order valence-electron chi connectivity index (χ3n) is 1.68. The summed E-state index contributed by atoms with van der Waals surface area (Å²) >= 11 is 0. The highest BCUT2D eigenvalue weighted by Crippen LogP contribution is 1.99. The first kappa shape index (κ1) is 10.6. The van der Waals surface area contributed by atoms with Crippen molar-refractivity contribution in [1.82, 2.24) is 20.1 Å². The van der Waals surface area contributed by atoms with Crippen molar-refractivity contribution in [1.29, 1.82) is 0 Å². The Kier molecular flexibility index (Phi) is 3.99. The summed E-state index contributed by atoms with van der Waals surface area (Å²) in [6.45, 7) is 4.48. The Morgan fingerprint density at radius 2 is 2.50 bits per heavy atom. The second-order valence-corrected chi connectivity index (χ2v) is 2.77. The maximum atomic E-state index is 10.2. The number of aromatic nitrogens is 3. The second kappa shape index (κ2) is 5.28. The number of rotatable bonds is 6. The van der Waals surface area contributed by atoms with Crippen LogP contribution < -0.4 is 5.32 Å². The summed E-state index contributed by atoms with van der Waals surface area (Å²) in [6.07, 6.45) is 2.26. The molecule has 0 spiro atoms. The van der Waals surface area contributed by atoms with Crippen LogP contribution in [0.4, 0.5) is 5.95 Å². The lowest BCUT2D eigenvalue weighted by molar-refractivity contribution is -0.394. The lowest BCUT2D eigenvalue weighted by Gasteiger charge is -1.98. The number of aryl methyl sites for hydroxylation is 1. The van der Waals surface area contributed by atoms with Gasteiger partial charge in [0.2, 0.25) is 6.33 Å². The zero-order valence-electron chi connectivity index (χ0n) is 8.01. The molecule has 1 aromatic heterocycles. The monoisotopic (exact) mass is 199 g/mol. The fourth-order valence-electron chi connectivity index (χ4n) is 1.02. The minimum Gasteiger partial charge on any atom is -0.390 e. The van der Waals surface area contributed by atoms with Gasteiger partial charge in [-0.15, -0.1) is 0 Å². The van der Waals surface area contributed by atoms with Crippen LogP contribution in [0.15, 0.2) is 6.33 Å². The van der Waals surface area contributed by atoms with Crippen molar-refractivity contribution in [2.45, 2.75) is 19.9 Å². The molecule has 1 rings (SSSR count). The molecule has 1 aromatic rings. The third kappa shape index (κ3) is 3.09. The van der Waals surface area contributed by atoms with Gasteiger partial charge in [-0.2, -0.15) is 4.68 Å². The molecule has 0 saturated heterocycles. The first-order valence-electron chi connectivity index (χ1n) is 4.48. The fraction of sp³-hybridized carbons (Fsp3) is 0.714. The lowest BCUT2D eigenvalue weighted by atomic mass is 10.4. The highest BCUT2D eigenvalue weighted by molar-refractivity contribution is 4.96. The Morgan fingerprint density at radius 3 is 3.07 bits per heavy atom. The van der Waals surface area contributed by atoms with Gasteiger partial charge in [-0.05, 0) is 24.4 Å². The van der Waals surface area contributed by atoms with Crippen molar-refractivity contribution in [2.24, 2.45) is 0 Å². The van der Waals surface area contributed by atoms with E-state index in [1.165, 1.54) is 11.0 Å². The fourth-order valence-corrected chi connectivity index (χ4v) is 1.02. The van der Waals surface area contributed by atoms with E-state index in [0.717, 1.165) is 19.5 Å². The Balaban J connectivity index is 2.33. The smallest absolute Gasteiger partial charge is 0.390 e. The zero-order chi connectivity index (χ0) is 10.4. The molecular formula is C7H13N5O2. The molecule has 0 fully saturated rings. The summed E-state index contributed by atoms with van der Waals surface area (Å²) in [5.74, 6) is -0.339. The molecular weight excluding hydrogens is 186 g/mol. The van der Waals surface area contributed by atoms with E-state index in [9.17, 15) is 10.1 Å². The average Bonchev–Trinajstić information content (AvgIpc) is 2.61. The van der Waals surface area contributed by atoms with Crippen LogP contribution in [0.3, 0.4) is 0 Å². The number of nitro groups is 1. The van der Waals surface area contributed by atoms with E-state index in [0.29, 0.717) is 6.54 Å². The maximum absolute atomic E-state index is 10.2. The minimum absolute atomic E-state index is 0.339. The van der Waals surface area contributed by atoms with Gasteiger partial charge in [0.1, 0.15) is 0 Å². The molecule has 14 heavy (non-hydrogen) atoms. The van der Waals surface area contributed by atoms with Crippen LogP contribution in [0, 0.1) is 10.1 Å². The van der Waals surface area contributed by atoms with Crippen LogP contribution in [0.25, 0.3) is 0 Å². The molecule has 0 atom stereocenters. The van der Waals surface area contributed by atoms with E-state index < -0.39 is 4.92 Å². The van der Waals surface area contributed by atoms with Gasteiger partial charge in [0.15, 0.2) is 0 Å². The van der Waals surface area contributed by atoms with Gasteiger partial charge in [0.05, 0.1) is 6.54 Å². The van der Waals surface area contributed by atoms with Gasteiger partial charge >= 0.3 is 5.95 Å². The van der Waals surface area contributed by atoms with Crippen LogP contribution in [0.1, 0.15) is 13.3 Å². The topological polar surface area (TPSA) is 85.9 Å². The Bertz CT molecular complexity index is 298.